The molecule has 1 fully saturated rings. The van der Waals surface area contributed by atoms with Gasteiger partial charge in [0.1, 0.15) is 13.1 Å². The predicted molar refractivity (Wildman–Crippen MR) is 79.8 cm³/mol. The van der Waals surface area contributed by atoms with E-state index in [1.54, 1.807) is 0 Å². The van der Waals surface area contributed by atoms with Crippen molar-refractivity contribution in [1.82, 2.24) is 0 Å². The second-order valence-electron chi connectivity index (χ2n) is 6.48. The van der Waals surface area contributed by atoms with Crippen molar-refractivity contribution in [3.05, 3.63) is 0 Å². The average molecular weight is 286 g/mol. The summed E-state index contributed by atoms with van der Waals surface area (Å²) < 4.78 is 10.6. The first-order valence-corrected chi connectivity index (χ1v) is 8.15. The Balaban J connectivity index is 2.00. The molecule has 0 aliphatic carbocycles. The number of hydrogen-bond acceptors (Lipinski definition) is 3. The number of nitrogens with one attached hydrogen (secondary N) is 1. The van der Waals surface area contributed by atoms with Gasteiger partial charge in [-0.25, -0.2) is 4.79 Å². The summed E-state index contributed by atoms with van der Waals surface area (Å²) >= 11 is 0. The van der Waals surface area contributed by atoms with Crippen LogP contribution in [0.5, 0.6) is 0 Å². The van der Waals surface area contributed by atoms with E-state index in [0.29, 0.717) is 19.1 Å². The second-order valence-corrected chi connectivity index (χ2v) is 6.48. The third kappa shape index (κ3) is 8.54. The Bertz CT molecular complexity index is 262. The van der Waals surface area contributed by atoms with Gasteiger partial charge in [-0.05, 0) is 18.3 Å². The summed E-state index contributed by atoms with van der Waals surface area (Å²) in [4.78, 5) is 13.0. The third-order valence-electron chi connectivity index (χ3n) is 3.95. The molecule has 0 spiro atoms. The van der Waals surface area contributed by atoms with Crippen LogP contribution in [-0.4, -0.2) is 45.4 Å². The van der Waals surface area contributed by atoms with Crippen molar-refractivity contribution in [1.29, 1.82) is 0 Å². The van der Waals surface area contributed by atoms with Crippen LogP contribution in [0.2, 0.25) is 0 Å². The molecule has 1 atom stereocenters. The zero-order chi connectivity index (χ0) is 14.8. The van der Waals surface area contributed by atoms with Crippen LogP contribution in [0.4, 0.5) is 0 Å². The number of quaternary nitrogens is 1. The molecule has 0 radical (unpaired) electrons. The van der Waals surface area contributed by atoms with Crippen molar-refractivity contribution in [3.63, 3.8) is 0 Å². The lowest BCUT2D eigenvalue weighted by molar-refractivity contribution is -0.900. The van der Waals surface area contributed by atoms with Crippen LogP contribution in [0, 0.1) is 11.8 Å². The van der Waals surface area contributed by atoms with Gasteiger partial charge in [-0.1, -0.05) is 40.0 Å². The van der Waals surface area contributed by atoms with Gasteiger partial charge >= 0.3 is 5.97 Å². The number of ether oxygens (including phenoxy) is 2. The van der Waals surface area contributed by atoms with E-state index in [-0.39, 0.29) is 5.97 Å². The minimum atomic E-state index is -0.0590. The zero-order valence-corrected chi connectivity index (χ0v) is 13.5. The summed E-state index contributed by atoms with van der Waals surface area (Å²) in [6, 6.07) is 0. The van der Waals surface area contributed by atoms with Crippen LogP contribution < -0.4 is 4.90 Å². The smallest absolute Gasteiger partial charge is 0.361 e. The molecule has 1 rings (SSSR count). The third-order valence-corrected chi connectivity index (χ3v) is 3.95. The van der Waals surface area contributed by atoms with E-state index in [9.17, 15) is 4.79 Å². The Morgan fingerprint density at radius 3 is 2.50 bits per heavy atom. The van der Waals surface area contributed by atoms with Crippen LogP contribution in [0.3, 0.4) is 0 Å². The monoisotopic (exact) mass is 286 g/mol. The van der Waals surface area contributed by atoms with Crippen molar-refractivity contribution in [3.8, 4) is 0 Å². The van der Waals surface area contributed by atoms with E-state index in [2.05, 4.69) is 20.8 Å². The standard InChI is InChI=1S/C16H31NO3/c1-14(2)5-4-6-15(3)7-10-20-16(18)13-17-8-11-19-12-9-17/h14-15H,4-13H2,1-3H3/p+1/t15-/m0/s1. The summed E-state index contributed by atoms with van der Waals surface area (Å²) in [6.07, 6.45) is 4.81. The molecule has 1 heterocycles. The van der Waals surface area contributed by atoms with Gasteiger partial charge in [0.2, 0.25) is 0 Å². The molecule has 0 amide bonds. The maximum atomic E-state index is 11.7. The minimum absolute atomic E-state index is 0.0590. The lowest BCUT2D eigenvalue weighted by Gasteiger charge is -2.22. The molecule has 1 aliphatic heterocycles. The lowest BCUT2D eigenvalue weighted by Crippen LogP contribution is -3.15. The van der Waals surface area contributed by atoms with E-state index in [1.807, 2.05) is 0 Å². The Morgan fingerprint density at radius 1 is 1.15 bits per heavy atom. The van der Waals surface area contributed by atoms with Crippen LogP contribution in [0.15, 0.2) is 0 Å². The number of hydrogen-bond donors (Lipinski definition) is 1. The molecule has 4 nitrogen and oxygen atoms in total. The van der Waals surface area contributed by atoms with Crippen molar-refractivity contribution < 1.29 is 19.2 Å². The molecule has 0 aromatic carbocycles. The summed E-state index contributed by atoms with van der Waals surface area (Å²) in [7, 11) is 0. The molecule has 1 saturated heterocycles. The van der Waals surface area contributed by atoms with Crippen molar-refractivity contribution in [2.45, 2.75) is 46.5 Å². The second kappa shape index (κ2) is 10.2. The molecule has 0 saturated carbocycles. The molecule has 0 aromatic heterocycles. The van der Waals surface area contributed by atoms with E-state index in [4.69, 9.17) is 9.47 Å². The summed E-state index contributed by atoms with van der Waals surface area (Å²) in [6.45, 7) is 11.2. The van der Waals surface area contributed by atoms with E-state index >= 15 is 0 Å². The molecule has 4 heteroatoms. The van der Waals surface area contributed by atoms with E-state index < -0.39 is 0 Å². The Kier molecular flexibility index (Phi) is 8.86. The van der Waals surface area contributed by atoms with E-state index in [1.165, 1.54) is 24.2 Å². The Morgan fingerprint density at radius 2 is 1.85 bits per heavy atom. The van der Waals surface area contributed by atoms with Gasteiger partial charge < -0.3 is 14.4 Å². The molecule has 0 unspecified atom stereocenters. The maximum Gasteiger partial charge on any atom is 0.361 e. The van der Waals surface area contributed by atoms with Gasteiger partial charge in [0, 0.05) is 0 Å². The highest BCUT2D eigenvalue weighted by Gasteiger charge is 2.18. The van der Waals surface area contributed by atoms with Gasteiger partial charge in [-0.3, -0.25) is 0 Å². The van der Waals surface area contributed by atoms with Gasteiger partial charge in [0.05, 0.1) is 19.8 Å². The molecule has 1 N–H and O–H groups in total. The quantitative estimate of drug-likeness (QED) is 0.650. The highest BCUT2D eigenvalue weighted by molar-refractivity contribution is 5.70. The molecule has 118 valence electrons. The molecular formula is C16H32NO3+. The van der Waals surface area contributed by atoms with Gasteiger partial charge in [0.25, 0.3) is 0 Å². The van der Waals surface area contributed by atoms with Crippen molar-refractivity contribution in [2.24, 2.45) is 11.8 Å². The highest BCUT2D eigenvalue weighted by Crippen LogP contribution is 2.14. The number of rotatable bonds is 9. The summed E-state index contributed by atoms with van der Waals surface area (Å²) in [5.41, 5.74) is 0. The average Bonchev–Trinajstić information content (AvgIpc) is 2.39. The SMILES string of the molecule is CC(C)CCC[C@H](C)CCOC(=O)C[NH+]1CCOCC1. The van der Waals surface area contributed by atoms with Crippen LogP contribution in [0.25, 0.3) is 0 Å². The van der Waals surface area contributed by atoms with Crippen molar-refractivity contribution >= 4 is 5.97 Å². The first-order valence-electron chi connectivity index (χ1n) is 8.15. The van der Waals surface area contributed by atoms with Crippen LogP contribution >= 0.6 is 0 Å². The largest absolute Gasteiger partial charge is 0.462 e. The number of carbonyl (C=O) groups is 1. The number of esters is 1. The fraction of sp³-hybridized carbons (Fsp3) is 0.938. The van der Waals surface area contributed by atoms with Gasteiger partial charge in [0.15, 0.2) is 6.54 Å². The summed E-state index contributed by atoms with van der Waals surface area (Å²) in [5, 5.41) is 0. The van der Waals surface area contributed by atoms with Crippen LogP contribution in [0.1, 0.15) is 46.5 Å². The maximum absolute atomic E-state index is 11.7. The van der Waals surface area contributed by atoms with Crippen molar-refractivity contribution in [2.75, 3.05) is 39.5 Å². The lowest BCUT2D eigenvalue weighted by atomic mass is 9.98. The molecule has 20 heavy (non-hydrogen) atoms. The Hall–Kier alpha value is -0.610. The molecule has 1 aliphatic rings. The first-order chi connectivity index (χ1) is 9.58. The highest BCUT2D eigenvalue weighted by atomic mass is 16.5. The molecular weight excluding hydrogens is 254 g/mol. The van der Waals surface area contributed by atoms with Crippen LogP contribution in [-0.2, 0) is 14.3 Å². The first kappa shape index (κ1) is 17.4. The fourth-order valence-corrected chi connectivity index (χ4v) is 2.48. The molecule has 0 bridgehead atoms. The van der Waals surface area contributed by atoms with Gasteiger partial charge in [-0.2, -0.15) is 0 Å². The Labute approximate surface area is 123 Å². The zero-order valence-electron chi connectivity index (χ0n) is 13.5. The predicted octanol–water partition coefficient (Wildman–Crippen LogP) is 1.30. The number of morpholine rings is 1. The van der Waals surface area contributed by atoms with Gasteiger partial charge in [-0.15, -0.1) is 0 Å². The minimum Gasteiger partial charge on any atom is -0.462 e. The normalized spacial score (nSPS) is 18.2. The number of carbonyl (C=O) groups excluding carboxylic acids is 1. The summed E-state index contributed by atoms with van der Waals surface area (Å²) in [5.74, 6) is 1.38. The topological polar surface area (TPSA) is 40.0 Å². The fourth-order valence-electron chi connectivity index (χ4n) is 2.48. The molecule has 0 aromatic rings. The van der Waals surface area contributed by atoms with E-state index in [0.717, 1.165) is 38.6 Å².